The number of carbonyl (C=O) groups excluding carboxylic acids is 1. The molecule has 1 aliphatic carbocycles. The fourth-order valence-corrected chi connectivity index (χ4v) is 3.55. The maximum atomic E-state index is 12.1. The summed E-state index contributed by atoms with van der Waals surface area (Å²) in [5.41, 5.74) is 5.42. The molecule has 2 rings (SSSR count). The molecule has 1 aromatic carbocycles. The van der Waals surface area contributed by atoms with E-state index in [9.17, 15) is 4.79 Å². The lowest BCUT2D eigenvalue weighted by atomic mass is 9.76. The standard InChI is InChI=1S/C18H26O/c1-5-15-6-7-18(19)16(10-15)11-17-13(3)8-12(2)9-14(17)4/h8-9,15-16H,5-7,10-11H2,1-4H3. The van der Waals surface area contributed by atoms with Crippen LogP contribution < -0.4 is 0 Å². The maximum Gasteiger partial charge on any atom is 0.136 e. The third kappa shape index (κ3) is 3.26. The number of aryl methyl sites for hydroxylation is 3. The van der Waals surface area contributed by atoms with E-state index in [1.807, 2.05) is 0 Å². The molecule has 2 unspecified atom stereocenters. The molecule has 1 aliphatic rings. The molecule has 0 aromatic heterocycles. The Morgan fingerprint density at radius 1 is 1.16 bits per heavy atom. The van der Waals surface area contributed by atoms with Gasteiger partial charge in [-0.3, -0.25) is 4.79 Å². The molecular weight excluding hydrogens is 232 g/mol. The zero-order valence-electron chi connectivity index (χ0n) is 12.8. The minimum absolute atomic E-state index is 0.263. The molecular formula is C18H26O. The molecule has 19 heavy (non-hydrogen) atoms. The van der Waals surface area contributed by atoms with Crippen molar-refractivity contribution in [1.29, 1.82) is 0 Å². The van der Waals surface area contributed by atoms with Crippen LogP contribution in [0.15, 0.2) is 12.1 Å². The van der Waals surface area contributed by atoms with Crippen LogP contribution in [-0.2, 0) is 11.2 Å². The number of Topliss-reactive ketones (excluding diaryl/α,β-unsaturated/α-hetero) is 1. The topological polar surface area (TPSA) is 17.1 Å². The maximum absolute atomic E-state index is 12.1. The van der Waals surface area contributed by atoms with Crippen LogP contribution in [0, 0.1) is 32.6 Å². The Morgan fingerprint density at radius 3 is 2.37 bits per heavy atom. The molecule has 0 radical (unpaired) electrons. The second-order valence-electron chi connectivity index (χ2n) is 6.29. The molecule has 1 aromatic rings. The van der Waals surface area contributed by atoms with Gasteiger partial charge in [-0.1, -0.05) is 31.0 Å². The minimum atomic E-state index is 0.263. The molecule has 2 atom stereocenters. The number of benzene rings is 1. The van der Waals surface area contributed by atoms with Crippen LogP contribution >= 0.6 is 0 Å². The molecule has 1 nitrogen and oxygen atoms in total. The van der Waals surface area contributed by atoms with Crippen molar-refractivity contribution in [1.82, 2.24) is 0 Å². The Kier molecular flexibility index (Phi) is 4.44. The van der Waals surface area contributed by atoms with Gasteiger partial charge in [0.05, 0.1) is 0 Å². The predicted molar refractivity (Wildman–Crippen MR) is 80.5 cm³/mol. The number of rotatable bonds is 3. The SMILES string of the molecule is CCC1CCC(=O)C(Cc2c(C)cc(C)cc2C)C1. The van der Waals surface area contributed by atoms with Gasteiger partial charge in [0.25, 0.3) is 0 Å². The first-order valence-corrected chi connectivity index (χ1v) is 7.60. The van der Waals surface area contributed by atoms with Gasteiger partial charge in [0, 0.05) is 12.3 Å². The molecule has 0 spiro atoms. The third-order valence-electron chi connectivity index (χ3n) is 4.74. The van der Waals surface area contributed by atoms with E-state index in [-0.39, 0.29) is 5.92 Å². The second-order valence-corrected chi connectivity index (χ2v) is 6.29. The van der Waals surface area contributed by atoms with Crippen LogP contribution in [0.25, 0.3) is 0 Å². The second kappa shape index (κ2) is 5.90. The zero-order valence-corrected chi connectivity index (χ0v) is 12.8. The summed E-state index contributed by atoms with van der Waals surface area (Å²) in [6.45, 7) is 8.75. The van der Waals surface area contributed by atoms with E-state index in [4.69, 9.17) is 0 Å². The Balaban J connectivity index is 2.18. The number of hydrogen-bond acceptors (Lipinski definition) is 1. The van der Waals surface area contributed by atoms with Crippen LogP contribution in [0.5, 0.6) is 0 Å². The van der Waals surface area contributed by atoms with E-state index >= 15 is 0 Å². The first-order chi connectivity index (χ1) is 9.01. The summed E-state index contributed by atoms with van der Waals surface area (Å²) in [6.07, 6.45) is 5.18. The largest absolute Gasteiger partial charge is 0.299 e. The van der Waals surface area contributed by atoms with E-state index in [2.05, 4.69) is 39.8 Å². The molecule has 1 saturated carbocycles. The van der Waals surface area contributed by atoms with Gasteiger partial charge in [-0.15, -0.1) is 0 Å². The van der Waals surface area contributed by atoms with Crippen molar-refractivity contribution in [2.45, 2.75) is 59.8 Å². The van der Waals surface area contributed by atoms with Crippen molar-refractivity contribution < 1.29 is 4.79 Å². The van der Waals surface area contributed by atoms with Gasteiger partial charge in [0.15, 0.2) is 0 Å². The van der Waals surface area contributed by atoms with Gasteiger partial charge in [-0.05, 0) is 62.6 Å². The van der Waals surface area contributed by atoms with Crippen LogP contribution in [0.3, 0.4) is 0 Å². The lowest BCUT2D eigenvalue weighted by Crippen LogP contribution is -2.26. The molecule has 0 heterocycles. The van der Waals surface area contributed by atoms with Crippen LogP contribution in [0.4, 0.5) is 0 Å². The first kappa shape index (κ1) is 14.3. The number of carbonyl (C=O) groups is 1. The predicted octanol–water partition coefficient (Wildman–Crippen LogP) is 4.55. The normalized spacial score (nSPS) is 23.7. The van der Waals surface area contributed by atoms with Gasteiger partial charge in [0.2, 0.25) is 0 Å². The third-order valence-corrected chi connectivity index (χ3v) is 4.74. The summed E-state index contributed by atoms with van der Waals surface area (Å²) in [6, 6.07) is 4.49. The van der Waals surface area contributed by atoms with Gasteiger partial charge < -0.3 is 0 Å². The van der Waals surface area contributed by atoms with Crippen LogP contribution in [0.2, 0.25) is 0 Å². The van der Waals surface area contributed by atoms with Crippen molar-refractivity contribution in [2.24, 2.45) is 11.8 Å². The van der Waals surface area contributed by atoms with E-state index in [0.717, 1.165) is 31.6 Å². The quantitative estimate of drug-likeness (QED) is 0.777. The first-order valence-electron chi connectivity index (χ1n) is 7.60. The van der Waals surface area contributed by atoms with Crippen LogP contribution in [-0.4, -0.2) is 5.78 Å². The average Bonchev–Trinajstić information content (AvgIpc) is 2.35. The Bertz CT molecular complexity index is 450. The fraction of sp³-hybridized carbons (Fsp3) is 0.611. The van der Waals surface area contributed by atoms with Gasteiger partial charge >= 0.3 is 0 Å². The summed E-state index contributed by atoms with van der Waals surface area (Å²) < 4.78 is 0. The zero-order chi connectivity index (χ0) is 14.0. The van der Waals surface area contributed by atoms with E-state index < -0.39 is 0 Å². The highest BCUT2D eigenvalue weighted by Gasteiger charge is 2.28. The number of ketones is 1. The van der Waals surface area contributed by atoms with Crippen molar-refractivity contribution in [3.63, 3.8) is 0 Å². The molecule has 0 saturated heterocycles. The van der Waals surface area contributed by atoms with E-state index in [0.29, 0.717) is 5.78 Å². The summed E-state index contributed by atoms with van der Waals surface area (Å²) in [5.74, 6) is 1.51. The highest BCUT2D eigenvalue weighted by atomic mass is 16.1. The van der Waals surface area contributed by atoms with Crippen molar-refractivity contribution in [2.75, 3.05) is 0 Å². The lowest BCUT2D eigenvalue weighted by Gasteiger charge is -2.28. The van der Waals surface area contributed by atoms with Gasteiger partial charge in [-0.25, -0.2) is 0 Å². The van der Waals surface area contributed by atoms with Crippen molar-refractivity contribution in [3.8, 4) is 0 Å². The van der Waals surface area contributed by atoms with Crippen LogP contribution in [0.1, 0.15) is 54.9 Å². The van der Waals surface area contributed by atoms with E-state index in [1.54, 1.807) is 0 Å². The molecule has 0 aliphatic heterocycles. The highest BCUT2D eigenvalue weighted by molar-refractivity contribution is 5.82. The Labute approximate surface area is 117 Å². The molecule has 1 heteroatoms. The number of hydrogen-bond donors (Lipinski definition) is 0. The average molecular weight is 258 g/mol. The highest BCUT2D eigenvalue weighted by Crippen LogP contribution is 2.32. The van der Waals surface area contributed by atoms with Crippen molar-refractivity contribution in [3.05, 3.63) is 34.4 Å². The summed E-state index contributed by atoms with van der Waals surface area (Å²) >= 11 is 0. The molecule has 0 bridgehead atoms. The lowest BCUT2D eigenvalue weighted by molar-refractivity contribution is -0.125. The summed E-state index contributed by atoms with van der Waals surface area (Å²) in [4.78, 5) is 12.1. The smallest absolute Gasteiger partial charge is 0.136 e. The van der Waals surface area contributed by atoms with E-state index in [1.165, 1.54) is 28.7 Å². The molecule has 104 valence electrons. The van der Waals surface area contributed by atoms with Gasteiger partial charge in [0.1, 0.15) is 5.78 Å². The summed E-state index contributed by atoms with van der Waals surface area (Å²) in [5, 5.41) is 0. The minimum Gasteiger partial charge on any atom is -0.299 e. The van der Waals surface area contributed by atoms with Gasteiger partial charge in [-0.2, -0.15) is 0 Å². The molecule has 1 fully saturated rings. The Hall–Kier alpha value is -1.11. The fourth-order valence-electron chi connectivity index (χ4n) is 3.55. The molecule has 0 N–H and O–H groups in total. The van der Waals surface area contributed by atoms with Crippen molar-refractivity contribution >= 4 is 5.78 Å². The monoisotopic (exact) mass is 258 g/mol. The Morgan fingerprint density at radius 2 is 1.79 bits per heavy atom. The molecule has 0 amide bonds. The summed E-state index contributed by atoms with van der Waals surface area (Å²) in [7, 11) is 0.